The van der Waals surface area contributed by atoms with Crippen LogP contribution in [0.25, 0.3) is 5.52 Å². The summed E-state index contributed by atoms with van der Waals surface area (Å²) in [6, 6.07) is 3.82. The maximum atomic E-state index is 9.14. The third kappa shape index (κ3) is 2.40. The van der Waals surface area contributed by atoms with E-state index in [-0.39, 0.29) is 6.61 Å². The van der Waals surface area contributed by atoms with E-state index in [1.807, 2.05) is 0 Å². The molecule has 0 unspecified atom stereocenters. The van der Waals surface area contributed by atoms with Crippen molar-refractivity contribution in [3.8, 4) is 11.8 Å². The molecule has 0 aromatic carbocycles. The molecule has 1 atom stereocenters. The molecule has 5 nitrogen and oxygen atoms in total. The van der Waals surface area contributed by atoms with Gasteiger partial charge in [-0.1, -0.05) is 0 Å². The molecule has 0 saturated heterocycles. The Hall–Kier alpha value is -1.58. The summed E-state index contributed by atoms with van der Waals surface area (Å²) in [7, 11) is 0. The largest absolute Gasteiger partial charge is 0.489 e. The molecular formula is C11H10BrN3O2. The number of nitriles is 1. The second kappa shape index (κ2) is 4.73. The first-order valence-electron chi connectivity index (χ1n) is 4.99. The zero-order valence-electron chi connectivity index (χ0n) is 9.09. The Labute approximate surface area is 106 Å². The van der Waals surface area contributed by atoms with Gasteiger partial charge >= 0.3 is 0 Å². The molecule has 0 radical (unpaired) electrons. The van der Waals surface area contributed by atoms with E-state index in [0.29, 0.717) is 16.8 Å². The summed E-state index contributed by atoms with van der Waals surface area (Å²) in [5.41, 5.74) is 1.20. The summed E-state index contributed by atoms with van der Waals surface area (Å²) in [5.74, 6) is 0.581. The molecule has 2 rings (SSSR count). The Morgan fingerprint density at radius 1 is 1.71 bits per heavy atom. The van der Waals surface area contributed by atoms with Crippen LogP contribution in [0.5, 0.6) is 5.75 Å². The smallest absolute Gasteiger partial charge is 0.138 e. The second-order valence-electron chi connectivity index (χ2n) is 3.65. The first kappa shape index (κ1) is 11.9. The fourth-order valence-electron chi connectivity index (χ4n) is 1.43. The highest BCUT2D eigenvalue weighted by atomic mass is 79.9. The van der Waals surface area contributed by atoms with Crippen LogP contribution in [0, 0.1) is 11.3 Å². The van der Waals surface area contributed by atoms with Crippen LogP contribution in [-0.2, 0) is 0 Å². The van der Waals surface area contributed by atoms with Gasteiger partial charge in [-0.2, -0.15) is 10.4 Å². The van der Waals surface area contributed by atoms with E-state index in [9.17, 15) is 0 Å². The van der Waals surface area contributed by atoms with Gasteiger partial charge in [0.1, 0.15) is 18.4 Å². The Kier molecular flexibility index (Phi) is 3.31. The van der Waals surface area contributed by atoms with Crippen LogP contribution in [-0.4, -0.2) is 27.4 Å². The molecule has 0 aliphatic rings. The predicted octanol–water partition coefficient (Wildman–Crippen LogP) is 1.73. The van der Waals surface area contributed by atoms with Crippen molar-refractivity contribution in [1.82, 2.24) is 9.61 Å². The molecule has 2 aromatic rings. The molecule has 0 bridgehead atoms. The number of hydrogen-bond donors (Lipinski definition) is 1. The minimum Gasteiger partial charge on any atom is -0.489 e. The van der Waals surface area contributed by atoms with E-state index in [2.05, 4.69) is 27.1 Å². The first-order valence-corrected chi connectivity index (χ1v) is 5.79. The normalized spacial score (nSPS) is 12.4. The van der Waals surface area contributed by atoms with E-state index >= 15 is 0 Å². The van der Waals surface area contributed by atoms with E-state index < -0.39 is 6.10 Å². The highest BCUT2D eigenvalue weighted by molar-refractivity contribution is 9.10. The molecule has 0 amide bonds. The number of hydrogen-bond acceptors (Lipinski definition) is 4. The van der Waals surface area contributed by atoms with Crippen molar-refractivity contribution in [2.45, 2.75) is 13.0 Å². The zero-order valence-corrected chi connectivity index (χ0v) is 10.7. The molecule has 0 saturated carbocycles. The molecule has 17 heavy (non-hydrogen) atoms. The quantitative estimate of drug-likeness (QED) is 0.936. The van der Waals surface area contributed by atoms with Gasteiger partial charge in [0.2, 0.25) is 0 Å². The maximum absolute atomic E-state index is 9.14. The first-order chi connectivity index (χ1) is 8.11. The fraction of sp³-hybridized carbons (Fsp3) is 0.273. The van der Waals surface area contributed by atoms with Crippen LogP contribution in [0.2, 0.25) is 0 Å². The number of aromatic nitrogens is 2. The highest BCUT2D eigenvalue weighted by Crippen LogP contribution is 2.26. The molecule has 0 fully saturated rings. The third-order valence-corrected chi connectivity index (χ3v) is 2.76. The lowest BCUT2D eigenvalue weighted by Crippen LogP contribution is -2.13. The highest BCUT2D eigenvalue weighted by Gasteiger charge is 2.10. The fourth-order valence-corrected chi connectivity index (χ4v) is 2.05. The Morgan fingerprint density at radius 3 is 3.12 bits per heavy atom. The van der Waals surface area contributed by atoms with Gasteiger partial charge < -0.3 is 9.84 Å². The van der Waals surface area contributed by atoms with E-state index in [1.54, 1.807) is 23.7 Å². The Balaban J connectivity index is 2.40. The van der Waals surface area contributed by atoms with Crippen molar-refractivity contribution in [3.05, 3.63) is 28.5 Å². The van der Waals surface area contributed by atoms with Crippen molar-refractivity contribution in [2.75, 3.05) is 6.61 Å². The van der Waals surface area contributed by atoms with Gasteiger partial charge in [0.15, 0.2) is 0 Å². The molecule has 2 heterocycles. The van der Waals surface area contributed by atoms with Gasteiger partial charge in [-0.15, -0.1) is 0 Å². The van der Waals surface area contributed by atoms with E-state index in [1.165, 1.54) is 6.20 Å². The summed E-state index contributed by atoms with van der Waals surface area (Å²) in [5, 5.41) is 22.1. The summed E-state index contributed by atoms with van der Waals surface area (Å²) >= 11 is 3.37. The Bertz CT molecular complexity index is 586. The van der Waals surface area contributed by atoms with Crippen LogP contribution < -0.4 is 4.74 Å². The van der Waals surface area contributed by atoms with Crippen LogP contribution in [0.3, 0.4) is 0 Å². The van der Waals surface area contributed by atoms with Gasteiger partial charge in [0, 0.05) is 4.47 Å². The third-order valence-electron chi connectivity index (χ3n) is 2.15. The lowest BCUT2D eigenvalue weighted by Gasteiger charge is -2.09. The number of ether oxygens (including phenoxy) is 1. The molecule has 0 aliphatic heterocycles. The standard InChI is InChI=1S/C11H10BrN3O2/c1-7(16)6-17-9-2-10(12)11-8(3-13)4-14-15(11)5-9/h2,4-5,7,16H,6H2,1H3/t7-/m0/s1. The van der Waals surface area contributed by atoms with Crippen molar-refractivity contribution in [2.24, 2.45) is 0 Å². The summed E-state index contributed by atoms with van der Waals surface area (Å²) < 4.78 is 7.68. The number of pyridine rings is 1. The molecule has 88 valence electrons. The number of aliphatic hydroxyl groups is 1. The lowest BCUT2D eigenvalue weighted by molar-refractivity contribution is 0.122. The Morgan fingerprint density at radius 2 is 2.47 bits per heavy atom. The van der Waals surface area contributed by atoms with Crippen LogP contribution in [0.15, 0.2) is 22.9 Å². The van der Waals surface area contributed by atoms with Crippen LogP contribution in [0.4, 0.5) is 0 Å². The van der Waals surface area contributed by atoms with Gasteiger partial charge in [0.25, 0.3) is 0 Å². The number of nitrogens with zero attached hydrogens (tertiary/aromatic N) is 3. The molecular weight excluding hydrogens is 286 g/mol. The summed E-state index contributed by atoms with van der Waals surface area (Å²) in [6.07, 6.45) is 2.64. The van der Waals surface area contributed by atoms with Crippen molar-refractivity contribution in [1.29, 1.82) is 5.26 Å². The summed E-state index contributed by atoms with van der Waals surface area (Å²) in [4.78, 5) is 0. The average Bonchev–Trinajstić information content (AvgIpc) is 2.69. The van der Waals surface area contributed by atoms with E-state index in [0.717, 1.165) is 4.47 Å². The van der Waals surface area contributed by atoms with Crippen molar-refractivity contribution >= 4 is 21.4 Å². The number of fused-ring (bicyclic) bond motifs is 1. The number of aliphatic hydroxyl groups excluding tert-OH is 1. The molecule has 6 heteroatoms. The molecule has 1 N–H and O–H groups in total. The SMILES string of the molecule is C[C@H](O)COc1cc(Br)c2c(C#N)cnn2c1. The van der Waals surface area contributed by atoms with Gasteiger partial charge in [-0.05, 0) is 28.9 Å². The van der Waals surface area contributed by atoms with Crippen LogP contribution >= 0.6 is 15.9 Å². The van der Waals surface area contributed by atoms with Crippen molar-refractivity contribution < 1.29 is 9.84 Å². The molecule has 0 spiro atoms. The zero-order chi connectivity index (χ0) is 12.4. The van der Waals surface area contributed by atoms with Gasteiger partial charge in [-0.3, -0.25) is 0 Å². The average molecular weight is 296 g/mol. The summed E-state index contributed by atoms with van der Waals surface area (Å²) in [6.45, 7) is 1.86. The van der Waals surface area contributed by atoms with E-state index in [4.69, 9.17) is 15.1 Å². The number of halogens is 1. The minimum absolute atomic E-state index is 0.213. The molecule has 0 aliphatic carbocycles. The maximum Gasteiger partial charge on any atom is 0.138 e. The topological polar surface area (TPSA) is 70.5 Å². The van der Waals surface area contributed by atoms with Crippen LogP contribution in [0.1, 0.15) is 12.5 Å². The van der Waals surface area contributed by atoms with Gasteiger partial charge in [-0.25, -0.2) is 4.52 Å². The second-order valence-corrected chi connectivity index (χ2v) is 4.50. The molecule has 2 aromatic heterocycles. The number of rotatable bonds is 3. The lowest BCUT2D eigenvalue weighted by atomic mass is 10.3. The van der Waals surface area contributed by atoms with Crippen molar-refractivity contribution in [3.63, 3.8) is 0 Å². The minimum atomic E-state index is -0.531. The monoisotopic (exact) mass is 295 g/mol. The predicted molar refractivity (Wildman–Crippen MR) is 64.8 cm³/mol. The van der Waals surface area contributed by atoms with Gasteiger partial charge in [0.05, 0.1) is 29.6 Å².